The summed E-state index contributed by atoms with van der Waals surface area (Å²) in [7, 11) is 1.17. The van der Waals surface area contributed by atoms with Gasteiger partial charge in [-0.2, -0.15) is 0 Å². The highest BCUT2D eigenvalue weighted by atomic mass is 31.2. The van der Waals surface area contributed by atoms with Crippen LogP contribution in [0.2, 0.25) is 0 Å². The van der Waals surface area contributed by atoms with Gasteiger partial charge in [0.25, 0.3) is 7.82 Å². The largest absolute Gasteiger partial charge is 0.756 e. The van der Waals surface area contributed by atoms with E-state index in [4.69, 9.17) is 18.5 Å². The standard InChI is InChI=1S/C59H112NO8P/c1-6-8-10-12-14-16-18-20-22-23-24-25-26-27-28-29-30-31-32-33-34-35-36-37-38-40-42-44-46-48-50-52-59(62)68-57(56-67-69(63,64)66-54-53-60(3,4)5)55-65-58(61)51-49-47-45-43-41-39-21-19-17-15-13-11-9-7-2/h18-21,23-24,57H,6-17,22,25-56H2,1-5H3/b20-18-,21-19-,24-23-. The topological polar surface area (TPSA) is 111 Å². The van der Waals surface area contributed by atoms with Gasteiger partial charge in [-0.25, -0.2) is 0 Å². The average molecular weight is 995 g/mol. The average Bonchev–Trinajstić information content (AvgIpc) is 3.31. The SMILES string of the molecule is CCCCCCC/C=C\C/C=C\CCCCCCCCCCCCCCCCCCCCCC(=O)OC(COC(=O)CCCCCCC/C=C\CCCCCCC)COP(=O)([O-])OCC[N+](C)(C)C. The van der Waals surface area contributed by atoms with E-state index in [2.05, 4.69) is 50.3 Å². The van der Waals surface area contributed by atoms with E-state index in [0.29, 0.717) is 17.4 Å². The van der Waals surface area contributed by atoms with Gasteiger partial charge in [0.1, 0.15) is 19.8 Å². The maximum Gasteiger partial charge on any atom is 0.306 e. The van der Waals surface area contributed by atoms with Crippen LogP contribution >= 0.6 is 7.82 Å². The molecule has 2 atom stereocenters. The predicted octanol–water partition coefficient (Wildman–Crippen LogP) is 17.4. The Morgan fingerprint density at radius 3 is 1.16 bits per heavy atom. The summed E-state index contributed by atoms with van der Waals surface area (Å²) in [6.45, 7) is 4.24. The molecule has 2 unspecified atom stereocenters. The first kappa shape index (κ1) is 67.2. The van der Waals surface area contributed by atoms with Gasteiger partial charge in [0.05, 0.1) is 27.7 Å². The number of rotatable bonds is 54. The van der Waals surface area contributed by atoms with E-state index in [1.165, 1.54) is 186 Å². The number of phosphoric acid groups is 1. The maximum atomic E-state index is 12.8. The lowest BCUT2D eigenvalue weighted by Crippen LogP contribution is -2.37. The van der Waals surface area contributed by atoms with E-state index in [1.807, 2.05) is 21.1 Å². The Balaban J connectivity index is 4.03. The van der Waals surface area contributed by atoms with E-state index in [-0.39, 0.29) is 32.0 Å². The fraction of sp³-hybridized carbons (Fsp3) is 0.864. The highest BCUT2D eigenvalue weighted by molar-refractivity contribution is 7.45. The van der Waals surface area contributed by atoms with Crippen LogP contribution in [0.1, 0.15) is 277 Å². The first-order valence-electron chi connectivity index (χ1n) is 29.2. The number of allylic oxidation sites excluding steroid dienone is 6. The molecule has 0 aliphatic rings. The first-order valence-corrected chi connectivity index (χ1v) is 30.7. The fourth-order valence-electron chi connectivity index (χ4n) is 8.33. The molecular formula is C59H112NO8P. The molecule has 0 aromatic heterocycles. The fourth-order valence-corrected chi connectivity index (χ4v) is 9.06. The summed E-state index contributed by atoms with van der Waals surface area (Å²) < 4.78 is 34.1. The highest BCUT2D eigenvalue weighted by Crippen LogP contribution is 2.38. The number of unbranched alkanes of at least 4 members (excludes halogenated alkanes) is 34. The summed E-state index contributed by atoms with van der Waals surface area (Å²) in [5.74, 6) is -0.832. The molecule has 0 saturated carbocycles. The number of carbonyl (C=O) groups is 2. The normalized spacial score (nSPS) is 13.5. The van der Waals surface area contributed by atoms with Crippen molar-refractivity contribution in [1.29, 1.82) is 0 Å². The summed E-state index contributed by atoms with van der Waals surface area (Å²) in [4.78, 5) is 37.8. The number of hydrogen-bond acceptors (Lipinski definition) is 8. The number of esters is 2. The van der Waals surface area contributed by atoms with Crippen LogP contribution in [0.15, 0.2) is 36.5 Å². The molecule has 0 saturated heterocycles. The van der Waals surface area contributed by atoms with Crippen molar-refractivity contribution in [3.8, 4) is 0 Å². The monoisotopic (exact) mass is 994 g/mol. The van der Waals surface area contributed by atoms with Crippen molar-refractivity contribution in [2.24, 2.45) is 0 Å². The van der Waals surface area contributed by atoms with Gasteiger partial charge in [-0.15, -0.1) is 0 Å². The van der Waals surface area contributed by atoms with E-state index >= 15 is 0 Å². The third-order valence-electron chi connectivity index (χ3n) is 12.9. The van der Waals surface area contributed by atoms with Gasteiger partial charge in [-0.05, 0) is 70.6 Å². The van der Waals surface area contributed by atoms with Crippen molar-refractivity contribution in [2.75, 3.05) is 47.5 Å². The number of quaternary nitrogens is 1. The molecule has 0 rings (SSSR count). The van der Waals surface area contributed by atoms with E-state index in [9.17, 15) is 19.0 Å². The van der Waals surface area contributed by atoms with Crippen LogP contribution in [-0.2, 0) is 32.7 Å². The summed E-state index contributed by atoms with van der Waals surface area (Å²) in [6.07, 6.45) is 62.0. The number of hydrogen-bond donors (Lipinski definition) is 0. The van der Waals surface area contributed by atoms with Gasteiger partial charge in [0.15, 0.2) is 6.10 Å². The predicted molar refractivity (Wildman–Crippen MR) is 291 cm³/mol. The molecule has 406 valence electrons. The third-order valence-corrected chi connectivity index (χ3v) is 13.8. The lowest BCUT2D eigenvalue weighted by molar-refractivity contribution is -0.870. The van der Waals surface area contributed by atoms with Crippen molar-refractivity contribution in [3.63, 3.8) is 0 Å². The van der Waals surface area contributed by atoms with E-state index < -0.39 is 26.5 Å². The van der Waals surface area contributed by atoms with Crippen LogP contribution < -0.4 is 4.89 Å². The maximum absolute atomic E-state index is 12.8. The number of ether oxygens (including phenoxy) is 2. The van der Waals surface area contributed by atoms with Crippen LogP contribution in [0.3, 0.4) is 0 Å². The molecule has 0 aromatic rings. The molecule has 10 heteroatoms. The van der Waals surface area contributed by atoms with Crippen molar-refractivity contribution in [2.45, 2.75) is 283 Å². The molecule has 0 aromatic carbocycles. The Morgan fingerprint density at radius 2 is 0.783 bits per heavy atom. The van der Waals surface area contributed by atoms with Crippen molar-refractivity contribution in [1.82, 2.24) is 0 Å². The molecule has 0 radical (unpaired) electrons. The number of phosphoric ester groups is 1. The number of likely N-dealkylation sites (N-methyl/N-ethyl adjacent to an activating group) is 1. The molecule has 0 amide bonds. The summed E-state index contributed by atoms with van der Waals surface area (Å²) >= 11 is 0. The Hall–Kier alpha value is -1.77. The number of carbonyl (C=O) groups excluding carboxylic acids is 2. The molecule has 0 spiro atoms. The quantitative estimate of drug-likeness (QED) is 0.0195. The molecular weight excluding hydrogens is 882 g/mol. The van der Waals surface area contributed by atoms with Crippen LogP contribution in [0.5, 0.6) is 0 Å². The zero-order valence-corrected chi connectivity index (χ0v) is 46.9. The second-order valence-corrected chi connectivity index (χ2v) is 22.4. The Morgan fingerprint density at radius 1 is 0.449 bits per heavy atom. The Bertz CT molecular complexity index is 1260. The molecule has 9 nitrogen and oxygen atoms in total. The van der Waals surface area contributed by atoms with Gasteiger partial charge < -0.3 is 27.9 Å². The molecule has 0 aliphatic carbocycles. The number of nitrogens with zero attached hydrogens (tertiary/aromatic N) is 1. The van der Waals surface area contributed by atoms with Crippen LogP contribution in [0, 0.1) is 0 Å². The highest BCUT2D eigenvalue weighted by Gasteiger charge is 2.22. The zero-order chi connectivity index (χ0) is 50.6. The van der Waals surface area contributed by atoms with E-state index in [0.717, 1.165) is 57.8 Å². The summed E-state index contributed by atoms with van der Waals surface area (Å²) in [6, 6.07) is 0. The van der Waals surface area contributed by atoms with Gasteiger partial charge in [0, 0.05) is 12.8 Å². The third kappa shape index (κ3) is 55.4. The minimum Gasteiger partial charge on any atom is -0.756 e. The van der Waals surface area contributed by atoms with Gasteiger partial charge in [0.2, 0.25) is 0 Å². The molecule has 0 heterocycles. The minimum atomic E-state index is -4.63. The second-order valence-electron chi connectivity index (χ2n) is 21.0. The Kier molecular flexibility index (Phi) is 49.8. The van der Waals surface area contributed by atoms with Crippen LogP contribution in [0.4, 0.5) is 0 Å². The van der Waals surface area contributed by atoms with Gasteiger partial charge in [-0.3, -0.25) is 14.2 Å². The first-order chi connectivity index (χ1) is 33.5. The second kappa shape index (κ2) is 51.1. The molecule has 0 bridgehead atoms. The van der Waals surface area contributed by atoms with Gasteiger partial charge in [-0.1, -0.05) is 230 Å². The van der Waals surface area contributed by atoms with E-state index in [1.54, 1.807) is 0 Å². The van der Waals surface area contributed by atoms with Crippen LogP contribution in [0.25, 0.3) is 0 Å². The zero-order valence-electron chi connectivity index (χ0n) is 46.0. The van der Waals surface area contributed by atoms with Crippen molar-refractivity contribution >= 4 is 19.8 Å². The molecule has 69 heavy (non-hydrogen) atoms. The van der Waals surface area contributed by atoms with Crippen molar-refractivity contribution in [3.05, 3.63) is 36.5 Å². The van der Waals surface area contributed by atoms with Gasteiger partial charge >= 0.3 is 11.9 Å². The lowest BCUT2D eigenvalue weighted by Gasteiger charge is -2.28. The lowest BCUT2D eigenvalue weighted by atomic mass is 10.0. The Labute approximate surface area is 427 Å². The summed E-state index contributed by atoms with van der Waals surface area (Å²) in [5.41, 5.74) is 0. The smallest absolute Gasteiger partial charge is 0.306 e. The summed E-state index contributed by atoms with van der Waals surface area (Å²) in [5, 5.41) is 0. The van der Waals surface area contributed by atoms with Crippen LogP contribution in [-0.4, -0.2) is 70.0 Å². The molecule has 0 N–H and O–H groups in total. The molecule has 0 aliphatic heterocycles. The molecule has 0 fully saturated rings. The van der Waals surface area contributed by atoms with Crippen molar-refractivity contribution < 1.29 is 42.1 Å². The minimum absolute atomic E-state index is 0.0304.